The van der Waals surface area contributed by atoms with Crippen molar-refractivity contribution in [3.05, 3.63) is 25.5 Å². The van der Waals surface area contributed by atoms with Crippen LogP contribution < -0.4 is 0 Å². The Bertz CT molecular complexity index is 415. The molecule has 0 aromatic carbocycles. The molecule has 0 saturated heterocycles. The van der Waals surface area contributed by atoms with Crippen molar-refractivity contribution in [2.75, 3.05) is 7.11 Å². The Balaban J connectivity index is 3.11. The van der Waals surface area contributed by atoms with Gasteiger partial charge in [-0.3, -0.25) is 4.79 Å². The maximum absolute atomic E-state index is 12.5. The lowest BCUT2D eigenvalue weighted by molar-refractivity contribution is -0.139. The van der Waals surface area contributed by atoms with E-state index in [4.69, 9.17) is 0 Å². The molecule has 1 rings (SSSR count). The van der Waals surface area contributed by atoms with Crippen molar-refractivity contribution in [2.45, 2.75) is 12.8 Å². The highest BCUT2D eigenvalue weighted by Crippen LogP contribution is 2.27. The summed E-state index contributed by atoms with van der Waals surface area (Å²) < 4.78 is 30.6. The second-order valence-electron chi connectivity index (χ2n) is 2.84. The largest absolute Gasteiger partial charge is 0.469 e. The Morgan fingerprint density at radius 2 is 2.31 bits per heavy atom. The summed E-state index contributed by atoms with van der Waals surface area (Å²) >= 11 is 5.09. The number of aromatic nitrogens is 1. The molecule has 0 unspecified atom stereocenters. The number of ether oxygens (including phenoxy) is 1. The number of hydrogen-bond acceptors (Lipinski definition) is 3. The van der Waals surface area contributed by atoms with Gasteiger partial charge in [0, 0.05) is 3.57 Å². The molecule has 0 bridgehead atoms. The van der Waals surface area contributed by atoms with Crippen molar-refractivity contribution in [3.63, 3.8) is 0 Å². The number of methoxy groups -OCH3 is 1. The van der Waals surface area contributed by atoms with Gasteiger partial charge in [0.05, 0.1) is 23.7 Å². The number of carbonyl (C=O) groups excluding carboxylic acids is 1. The van der Waals surface area contributed by atoms with Crippen LogP contribution in [0.4, 0.5) is 8.78 Å². The summed E-state index contributed by atoms with van der Waals surface area (Å²) in [6.07, 6.45) is -2.79. The third kappa shape index (κ3) is 3.34. The number of halogens is 4. The fourth-order valence-corrected chi connectivity index (χ4v) is 1.98. The van der Waals surface area contributed by atoms with E-state index >= 15 is 0 Å². The van der Waals surface area contributed by atoms with Crippen LogP contribution in [-0.2, 0) is 16.0 Å². The number of esters is 1. The molecule has 0 N–H and O–H groups in total. The number of nitrogens with zero attached hydrogens (tertiary/aromatic N) is 1. The summed E-state index contributed by atoms with van der Waals surface area (Å²) in [7, 11) is 1.23. The molecule has 0 aliphatic heterocycles. The first-order valence-electron chi connectivity index (χ1n) is 4.15. The van der Waals surface area contributed by atoms with E-state index in [1.165, 1.54) is 13.2 Å². The maximum atomic E-state index is 12.5. The Morgan fingerprint density at radius 1 is 1.69 bits per heavy atom. The van der Waals surface area contributed by atoms with E-state index in [-0.39, 0.29) is 17.8 Å². The predicted molar refractivity (Wildman–Crippen MR) is 65.3 cm³/mol. The standard InChI is InChI=1S/C9H7BrF2INO2/c1-16-7(15)3-5-8(10)4(13)2-6(14-5)9(11)12/h2,9H,3H2,1H3. The zero-order valence-electron chi connectivity index (χ0n) is 8.14. The highest BCUT2D eigenvalue weighted by molar-refractivity contribution is 14.1. The first-order chi connectivity index (χ1) is 7.45. The lowest BCUT2D eigenvalue weighted by atomic mass is 10.2. The number of hydrogen-bond donors (Lipinski definition) is 0. The van der Waals surface area contributed by atoms with Gasteiger partial charge in [0.1, 0.15) is 5.69 Å². The fourth-order valence-electron chi connectivity index (χ4n) is 1.01. The van der Waals surface area contributed by atoms with Crippen LogP contribution in [0.1, 0.15) is 17.8 Å². The Hall–Kier alpha value is -0.310. The molecule has 0 amide bonds. The van der Waals surface area contributed by atoms with E-state index in [1.807, 2.05) is 22.6 Å². The van der Waals surface area contributed by atoms with Crippen LogP contribution in [0.5, 0.6) is 0 Å². The fraction of sp³-hybridized carbons (Fsp3) is 0.333. The van der Waals surface area contributed by atoms with Crippen LogP contribution in [0, 0.1) is 3.57 Å². The van der Waals surface area contributed by atoms with Crippen LogP contribution in [-0.4, -0.2) is 18.1 Å². The number of carbonyl (C=O) groups is 1. The summed E-state index contributed by atoms with van der Waals surface area (Å²) in [6.45, 7) is 0. The molecular weight excluding hydrogens is 399 g/mol. The highest BCUT2D eigenvalue weighted by atomic mass is 127. The van der Waals surface area contributed by atoms with Gasteiger partial charge < -0.3 is 4.74 Å². The van der Waals surface area contributed by atoms with Crippen molar-refractivity contribution in [3.8, 4) is 0 Å². The quantitative estimate of drug-likeness (QED) is 0.573. The number of rotatable bonds is 3. The van der Waals surface area contributed by atoms with Crippen LogP contribution in [0.25, 0.3) is 0 Å². The molecule has 0 saturated carbocycles. The molecular formula is C9H7BrF2INO2. The van der Waals surface area contributed by atoms with Crippen molar-refractivity contribution in [1.82, 2.24) is 4.98 Å². The summed E-state index contributed by atoms with van der Waals surface area (Å²) in [4.78, 5) is 14.8. The molecule has 0 radical (unpaired) electrons. The van der Waals surface area contributed by atoms with Gasteiger partial charge in [0.2, 0.25) is 0 Å². The highest BCUT2D eigenvalue weighted by Gasteiger charge is 2.17. The zero-order valence-corrected chi connectivity index (χ0v) is 11.9. The third-order valence-corrected chi connectivity index (χ3v) is 4.24. The molecule has 0 fully saturated rings. The molecule has 0 aliphatic rings. The minimum Gasteiger partial charge on any atom is -0.469 e. The van der Waals surface area contributed by atoms with Crippen molar-refractivity contribution >= 4 is 44.5 Å². The molecule has 1 heterocycles. The van der Waals surface area contributed by atoms with Crippen LogP contribution in [0.15, 0.2) is 10.5 Å². The Morgan fingerprint density at radius 3 is 2.81 bits per heavy atom. The maximum Gasteiger partial charge on any atom is 0.311 e. The van der Waals surface area contributed by atoms with E-state index < -0.39 is 12.4 Å². The predicted octanol–water partition coefficient (Wildman–Crippen LogP) is 3.10. The second kappa shape index (κ2) is 5.85. The van der Waals surface area contributed by atoms with Gasteiger partial charge >= 0.3 is 5.97 Å². The molecule has 0 spiro atoms. The zero-order chi connectivity index (χ0) is 12.3. The van der Waals surface area contributed by atoms with Crippen molar-refractivity contribution in [2.24, 2.45) is 0 Å². The van der Waals surface area contributed by atoms with Gasteiger partial charge in [-0.25, -0.2) is 13.8 Å². The van der Waals surface area contributed by atoms with Crippen LogP contribution in [0.2, 0.25) is 0 Å². The molecule has 0 aliphatic carbocycles. The molecule has 1 aromatic heterocycles. The van der Waals surface area contributed by atoms with Gasteiger partial charge in [-0.1, -0.05) is 0 Å². The van der Waals surface area contributed by atoms with Gasteiger partial charge in [0.25, 0.3) is 6.43 Å². The van der Waals surface area contributed by atoms with E-state index in [0.717, 1.165) is 0 Å². The van der Waals surface area contributed by atoms with Crippen LogP contribution in [0.3, 0.4) is 0 Å². The average molecular weight is 406 g/mol. The normalized spacial score (nSPS) is 10.6. The molecule has 88 valence electrons. The minimum absolute atomic E-state index is 0.131. The van der Waals surface area contributed by atoms with Gasteiger partial charge in [-0.15, -0.1) is 0 Å². The van der Waals surface area contributed by atoms with Crippen molar-refractivity contribution < 1.29 is 18.3 Å². The minimum atomic E-state index is -2.65. The van der Waals surface area contributed by atoms with Gasteiger partial charge in [0.15, 0.2) is 0 Å². The third-order valence-electron chi connectivity index (χ3n) is 1.76. The lowest BCUT2D eigenvalue weighted by Gasteiger charge is -2.07. The first kappa shape index (κ1) is 13.8. The van der Waals surface area contributed by atoms with Gasteiger partial charge in [-0.2, -0.15) is 0 Å². The molecule has 1 aromatic rings. The van der Waals surface area contributed by atoms with E-state index in [0.29, 0.717) is 8.04 Å². The SMILES string of the molecule is COC(=O)Cc1nc(C(F)F)cc(I)c1Br. The van der Waals surface area contributed by atoms with Crippen LogP contribution >= 0.6 is 38.5 Å². The number of alkyl halides is 2. The number of pyridine rings is 1. The average Bonchev–Trinajstić information content (AvgIpc) is 2.23. The lowest BCUT2D eigenvalue weighted by Crippen LogP contribution is -2.09. The molecule has 3 nitrogen and oxygen atoms in total. The molecule has 7 heteroatoms. The summed E-state index contributed by atoms with van der Waals surface area (Å²) in [5.41, 5.74) is -0.0828. The molecule has 0 atom stereocenters. The summed E-state index contributed by atoms with van der Waals surface area (Å²) in [6, 6.07) is 1.27. The van der Waals surface area contributed by atoms with E-state index in [9.17, 15) is 13.6 Å². The van der Waals surface area contributed by atoms with Crippen molar-refractivity contribution in [1.29, 1.82) is 0 Å². The van der Waals surface area contributed by atoms with E-state index in [1.54, 1.807) is 0 Å². The first-order valence-corrected chi connectivity index (χ1v) is 6.02. The summed E-state index contributed by atoms with van der Waals surface area (Å²) in [5.74, 6) is -0.518. The van der Waals surface area contributed by atoms with Gasteiger partial charge in [-0.05, 0) is 44.6 Å². The Labute approximate surface area is 113 Å². The molecule has 16 heavy (non-hydrogen) atoms. The monoisotopic (exact) mass is 405 g/mol. The second-order valence-corrected chi connectivity index (χ2v) is 4.80. The smallest absolute Gasteiger partial charge is 0.311 e. The summed E-state index contributed by atoms with van der Waals surface area (Å²) in [5, 5.41) is 0. The van der Waals surface area contributed by atoms with E-state index in [2.05, 4.69) is 25.7 Å². The topological polar surface area (TPSA) is 39.2 Å². The Kier molecular flexibility index (Phi) is 5.03.